The molecule has 6 nitrogen and oxygen atoms in total. The van der Waals surface area contributed by atoms with Crippen molar-refractivity contribution in [3.05, 3.63) is 35.6 Å². The molecule has 0 unspecified atom stereocenters. The molecule has 1 aromatic carbocycles. The molecule has 27 heavy (non-hydrogen) atoms. The molecule has 1 aliphatic carbocycles. The number of hydrogen-bond acceptors (Lipinski definition) is 4. The summed E-state index contributed by atoms with van der Waals surface area (Å²) < 4.78 is 12.9. The molecule has 3 rings (SSSR count). The number of halogens is 1. The van der Waals surface area contributed by atoms with Gasteiger partial charge in [0.25, 0.3) is 0 Å². The van der Waals surface area contributed by atoms with Gasteiger partial charge in [-0.1, -0.05) is 12.1 Å². The molecule has 1 aliphatic heterocycles. The van der Waals surface area contributed by atoms with Gasteiger partial charge in [0, 0.05) is 38.8 Å². The molecule has 7 heteroatoms. The minimum atomic E-state index is -0.249. The lowest BCUT2D eigenvalue weighted by atomic mass is 10.1. The Bertz CT molecular complexity index is 640. The standard InChI is InChI=1S/C20H29FN4O2/c1-15(20(27)22-9-8-16-2-4-17(21)5-3-16)25-12-10-24(11-13-25)14-19(26)23-18-6-7-18/h2-5,15,18H,6-14H2,1H3,(H,22,27)(H,23,26)/t15-/m1/s1. The first-order valence-electron chi connectivity index (χ1n) is 9.79. The van der Waals surface area contributed by atoms with Crippen LogP contribution < -0.4 is 10.6 Å². The Hall–Kier alpha value is -1.99. The highest BCUT2D eigenvalue weighted by Gasteiger charge is 2.28. The predicted molar refractivity (Wildman–Crippen MR) is 102 cm³/mol. The van der Waals surface area contributed by atoms with Crippen LogP contribution in [0.1, 0.15) is 25.3 Å². The van der Waals surface area contributed by atoms with E-state index in [-0.39, 0.29) is 23.7 Å². The van der Waals surface area contributed by atoms with E-state index in [1.807, 2.05) is 6.92 Å². The quantitative estimate of drug-likeness (QED) is 0.704. The second kappa shape index (κ2) is 9.28. The van der Waals surface area contributed by atoms with E-state index in [9.17, 15) is 14.0 Å². The van der Waals surface area contributed by atoms with Gasteiger partial charge < -0.3 is 10.6 Å². The van der Waals surface area contributed by atoms with Gasteiger partial charge in [-0.25, -0.2) is 4.39 Å². The Kier molecular flexibility index (Phi) is 6.79. The first-order valence-corrected chi connectivity index (χ1v) is 9.79. The number of rotatable bonds is 8. The Balaban J connectivity index is 1.33. The summed E-state index contributed by atoms with van der Waals surface area (Å²) in [6.45, 7) is 6.06. The fourth-order valence-corrected chi connectivity index (χ4v) is 3.31. The van der Waals surface area contributed by atoms with Gasteiger partial charge in [-0.2, -0.15) is 0 Å². The molecule has 2 N–H and O–H groups in total. The fourth-order valence-electron chi connectivity index (χ4n) is 3.31. The maximum absolute atomic E-state index is 12.9. The molecular formula is C20H29FN4O2. The van der Waals surface area contributed by atoms with Gasteiger partial charge in [0.15, 0.2) is 0 Å². The van der Waals surface area contributed by atoms with Crippen LogP contribution in [0.4, 0.5) is 4.39 Å². The minimum Gasteiger partial charge on any atom is -0.354 e. The third kappa shape index (κ3) is 6.29. The van der Waals surface area contributed by atoms with E-state index >= 15 is 0 Å². The van der Waals surface area contributed by atoms with Crippen LogP contribution in [-0.4, -0.2) is 73.0 Å². The van der Waals surface area contributed by atoms with Crippen molar-refractivity contribution >= 4 is 11.8 Å². The molecule has 0 radical (unpaired) electrons. The molecular weight excluding hydrogens is 347 g/mol. The van der Waals surface area contributed by atoms with Gasteiger partial charge in [-0.15, -0.1) is 0 Å². The summed E-state index contributed by atoms with van der Waals surface area (Å²) in [5.41, 5.74) is 1.00. The van der Waals surface area contributed by atoms with Crippen LogP contribution >= 0.6 is 0 Å². The maximum atomic E-state index is 12.9. The number of nitrogens with one attached hydrogen (secondary N) is 2. The Morgan fingerprint density at radius 1 is 1.15 bits per heavy atom. The van der Waals surface area contributed by atoms with E-state index in [2.05, 4.69) is 20.4 Å². The first kappa shape index (κ1) is 19.8. The Morgan fingerprint density at radius 2 is 1.81 bits per heavy atom. The van der Waals surface area contributed by atoms with Gasteiger partial charge in [0.2, 0.25) is 11.8 Å². The average molecular weight is 376 g/mol. The third-order valence-corrected chi connectivity index (χ3v) is 5.27. The summed E-state index contributed by atoms with van der Waals surface area (Å²) in [7, 11) is 0. The highest BCUT2D eigenvalue weighted by Crippen LogP contribution is 2.18. The summed E-state index contributed by atoms with van der Waals surface area (Å²) >= 11 is 0. The number of benzene rings is 1. The van der Waals surface area contributed by atoms with Gasteiger partial charge >= 0.3 is 0 Å². The number of nitrogens with zero attached hydrogens (tertiary/aromatic N) is 2. The summed E-state index contributed by atoms with van der Waals surface area (Å²) in [6, 6.07) is 6.56. The SMILES string of the molecule is C[C@H](C(=O)NCCc1ccc(F)cc1)N1CCN(CC(=O)NC2CC2)CC1. The van der Waals surface area contributed by atoms with E-state index < -0.39 is 0 Å². The zero-order chi connectivity index (χ0) is 19.2. The zero-order valence-corrected chi connectivity index (χ0v) is 15.9. The van der Waals surface area contributed by atoms with Crippen LogP contribution in [0, 0.1) is 5.82 Å². The second-order valence-electron chi connectivity index (χ2n) is 7.50. The van der Waals surface area contributed by atoms with E-state index in [4.69, 9.17) is 0 Å². The van der Waals surface area contributed by atoms with Crippen molar-refractivity contribution in [1.29, 1.82) is 0 Å². The van der Waals surface area contributed by atoms with Crippen LogP contribution in [-0.2, 0) is 16.0 Å². The van der Waals surface area contributed by atoms with E-state index in [1.165, 1.54) is 12.1 Å². The first-order chi connectivity index (χ1) is 13.0. The molecule has 2 amide bonds. The topological polar surface area (TPSA) is 64.7 Å². The lowest BCUT2D eigenvalue weighted by molar-refractivity contribution is -0.127. The third-order valence-electron chi connectivity index (χ3n) is 5.27. The van der Waals surface area contributed by atoms with Crippen molar-refractivity contribution in [2.75, 3.05) is 39.3 Å². The summed E-state index contributed by atoms with van der Waals surface area (Å²) in [5, 5.41) is 5.98. The van der Waals surface area contributed by atoms with E-state index in [0.29, 0.717) is 25.6 Å². The summed E-state index contributed by atoms with van der Waals surface area (Å²) in [6.07, 6.45) is 2.89. The largest absolute Gasteiger partial charge is 0.354 e. The zero-order valence-electron chi connectivity index (χ0n) is 15.9. The normalized spacial score (nSPS) is 19.5. The smallest absolute Gasteiger partial charge is 0.237 e. The Labute approximate surface area is 160 Å². The molecule has 1 saturated heterocycles. The Morgan fingerprint density at radius 3 is 2.44 bits per heavy atom. The summed E-state index contributed by atoms with van der Waals surface area (Å²) in [4.78, 5) is 28.6. The number of piperazine rings is 1. The molecule has 1 saturated carbocycles. The van der Waals surface area contributed by atoms with Crippen molar-refractivity contribution < 1.29 is 14.0 Å². The molecule has 148 valence electrons. The maximum Gasteiger partial charge on any atom is 0.237 e. The molecule has 1 atom stereocenters. The minimum absolute atomic E-state index is 0.0111. The molecule has 2 aliphatic rings. The van der Waals surface area contributed by atoms with Gasteiger partial charge in [0.1, 0.15) is 5.82 Å². The number of hydrogen-bond donors (Lipinski definition) is 2. The van der Waals surface area contributed by atoms with Crippen molar-refractivity contribution in [3.63, 3.8) is 0 Å². The van der Waals surface area contributed by atoms with Crippen molar-refractivity contribution in [1.82, 2.24) is 20.4 Å². The van der Waals surface area contributed by atoms with Crippen molar-refractivity contribution in [3.8, 4) is 0 Å². The molecule has 2 fully saturated rings. The lowest BCUT2D eigenvalue weighted by Crippen LogP contribution is -2.55. The molecule has 1 aromatic rings. The van der Waals surface area contributed by atoms with Crippen LogP contribution in [0.2, 0.25) is 0 Å². The number of carbonyl (C=O) groups is 2. The highest BCUT2D eigenvalue weighted by molar-refractivity contribution is 5.81. The van der Waals surface area contributed by atoms with Crippen molar-refractivity contribution in [2.45, 2.75) is 38.3 Å². The van der Waals surface area contributed by atoms with Crippen LogP contribution in [0.25, 0.3) is 0 Å². The molecule has 0 bridgehead atoms. The van der Waals surface area contributed by atoms with E-state index in [0.717, 1.165) is 44.6 Å². The average Bonchev–Trinajstić information content (AvgIpc) is 3.47. The lowest BCUT2D eigenvalue weighted by Gasteiger charge is -2.37. The second-order valence-corrected chi connectivity index (χ2v) is 7.50. The van der Waals surface area contributed by atoms with Crippen LogP contribution in [0.3, 0.4) is 0 Å². The van der Waals surface area contributed by atoms with Crippen LogP contribution in [0.15, 0.2) is 24.3 Å². The van der Waals surface area contributed by atoms with Crippen LogP contribution in [0.5, 0.6) is 0 Å². The van der Waals surface area contributed by atoms with Gasteiger partial charge in [-0.05, 0) is 43.9 Å². The monoisotopic (exact) mass is 376 g/mol. The molecule has 1 heterocycles. The van der Waals surface area contributed by atoms with E-state index in [1.54, 1.807) is 12.1 Å². The number of carbonyl (C=O) groups excluding carboxylic acids is 2. The fraction of sp³-hybridized carbons (Fsp3) is 0.600. The predicted octanol–water partition coefficient (Wildman–Crippen LogP) is 0.769. The van der Waals surface area contributed by atoms with Gasteiger partial charge in [-0.3, -0.25) is 19.4 Å². The van der Waals surface area contributed by atoms with Gasteiger partial charge in [0.05, 0.1) is 12.6 Å². The van der Waals surface area contributed by atoms with Crippen molar-refractivity contribution in [2.24, 2.45) is 0 Å². The molecule has 0 aromatic heterocycles. The highest BCUT2D eigenvalue weighted by atomic mass is 19.1. The number of amides is 2. The molecule has 0 spiro atoms. The summed E-state index contributed by atoms with van der Waals surface area (Å²) in [5.74, 6) is -0.129.